The fourth-order valence-electron chi connectivity index (χ4n) is 2.06. The summed E-state index contributed by atoms with van der Waals surface area (Å²) in [5.74, 6) is 0.309. The Kier molecular flexibility index (Phi) is 6.18. The number of hydrogen-bond donors (Lipinski definition) is 0. The first-order valence-electron chi connectivity index (χ1n) is 6.84. The van der Waals surface area contributed by atoms with Gasteiger partial charge in [-0.3, -0.25) is 0 Å². The molecule has 0 saturated heterocycles. The second kappa shape index (κ2) is 7.21. The lowest BCUT2D eigenvalue weighted by molar-refractivity contribution is -0.138. The van der Waals surface area contributed by atoms with Crippen LogP contribution in [0.1, 0.15) is 38.3 Å². The monoisotopic (exact) mass is 307 g/mol. The van der Waals surface area contributed by atoms with Crippen molar-refractivity contribution in [2.45, 2.75) is 39.2 Å². The Hall–Kier alpha value is -0.900. The topological polar surface area (TPSA) is 3.24 Å². The second-order valence-corrected chi connectivity index (χ2v) is 5.29. The van der Waals surface area contributed by atoms with Crippen LogP contribution in [0.15, 0.2) is 18.2 Å². The van der Waals surface area contributed by atoms with Crippen LogP contribution < -0.4 is 4.90 Å². The highest BCUT2D eigenvalue weighted by Crippen LogP contribution is 2.35. The van der Waals surface area contributed by atoms with Crippen molar-refractivity contribution >= 4 is 17.3 Å². The van der Waals surface area contributed by atoms with Crippen LogP contribution in [0, 0.1) is 5.92 Å². The molecule has 5 heteroatoms. The summed E-state index contributed by atoms with van der Waals surface area (Å²) in [5.41, 5.74) is 0.101. The Morgan fingerprint density at radius 2 is 1.90 bits per heavy atom. The van der Waals surface area contributed by atoms with E-state index < -0.39 is 11.7 Å². The molecule has 0 aliphatic heterocycles. The highest BCUT2D eigenvalue weighted by molar-refractivity contribution is 6.17. The van der Waals surface area contributed by atoms with Crippen molar-refractivity contribution in [1.29, 1.82) is 0 Å². The van der Waals surface area contributed by atoms with Crippen LogP contribution >= 0.6 is 11.6 Å². The number of hydrogen-bond acceptors (Lipinski definition) is 1. The van der Waals surface area contributed by atoms with E-state index in [1.165, 1.54) is 12.1 Å². The van der Waals surface area contributed by atoms with Gasteiger partial charge in [0.15, 0.2) is 0 Å². The average molecular weight is 308 g/mol. The molecule has 0 bridgehead atoms. The highest BCUT2D eigenvalue weighted by Gasteiger charge is 2.33. The van der Waals surface area contributed by atoms with Gasteiger partial charge in [-0.15, -0.1) is 11.6 Å². The standard InChI is InChI=1S/C15H21ClF3N/c1-4-11(3)10-20(5-2)13-7-6-12(9-16)14(8-13)15(17,18)19/h6-8,11H,4-5,9-10H2,1-3H3. The smallest absolute Gasteiger partial charge is 0.372 e. The maximum Gasteiger partial charge on any atom is 0.416 e. The zero-order valence-electron chi connectivity index (χ0n) is 12.1. The Morgan fingerprint density at radius 3 is 2.35 bits per heavy atom. The molecular formula is C15H21ClF3N. The summed E-state index contributed by atoms with van der Waals surface area (Å²) in [6.45, 7) is 7.56. The van der Waals surface area contributed by atoms with Crippen molar-refractivity contribution in [3.05, 3.63) is 29.3 Å². The molecule has 0 aromatic heterocycles. The molecule has 0 N–H and O–H groups in total. The van der Waals surface area contributed by atoms with Gasteiger partial charge in [0, 0.05) is 24.7 Å². The van der Waals surface area contributed by atoms with Crippen LogP contribution in [-0.2, 0) is 12.1 Å². The molecule has 1 nitrogen and oxygen atoms in total. The largest absolute Gasteiger partial charge is 0.416 e. The van der Waals surface area contributed by atoms with E-state index >= 15 is 0 Å². The minimum Gasteiger partial charge on any atom is -0.372 e. The molecule has 0 spiro atoms. The van der Waals surface area contributed by atoms with Gasteiger partial charge in [0.1, 0.15) is 0 Å². The van der Waals surface area contributed by atoms with E-state index in [9.17, 15) is 13.2 Å². The van der Waals surface area contributed by atoms with E-state index in [0.29, 0.717) is 18.2 Å². The summed E-state index contributed by atoms with van der Waals surface area (Å²) in [7, 11) is 0. The van der Waals surface area contributed by atoms with Gasteiger partial charge in [-0.2, -0.15) is 13.2 Å². The van der Waals surface area contributed by atoms with Crippen molar-refractivity contribution in [3.63, 3.8) is 0 Å². The van der Waals surface area contributed by atoms with Gasteiger partial charge in [-0.25, -0.2) is 0 Å². The normalized spacial score (nSPS) is 13.3. The summed E-state index contributed by atoms with van der Waals surface area (Å²) in [4.78, 5) is 1.97. The number of rotatable bonds is 6. The molecule has 1 unspecified atom stereocenters. The van der Waals surface area contributed by atoms with Crippen molar-refractivity contribution < 1.29 is 13.2 Å². The first-order valence-corrected chi connectivity index (χ1v) is 7.37. The van der Waals surface area contributed by atoms with Crippen molar-refractivity contribution in [1.82, 2.24) is 0 Å². The molecule has 1 rings (SSSR count). The number of benzene rings is 1. The minimum atomic E-state index is -4.37. The van der Waals surface area contributed by atoms with Gasteiger partial charge in [0.2, 0.25) is 0 Å². The van der Waals surface area contributed by atoms with E-state index in [4.69, 9.17) is 11.6 Å². The predicted octanol–water partition coefficient (Wildman–Crippen LogP) is 5.32. The van der Waals surface area contributed by atoms with Crippen LogP contribution in [0.5, 0.6) is 0 Å². The zero-order chi connectivity index (χ0) is 15.3. The number of nitrogens with zero attached hydrogens (tertiary/aromatic N) is 1. The SMILES string of the molecule is CCC(C)CN(CC)c1ccc(CCl)c(C(F)(F)F)c1. The molecular weight excluding hydrogens is 287 g/mol. The van der Waals surface area contributed by atoms with E-state index in [1.807, 2.05) is 11.8 Å². The van der Waals surface area contributed by atoms with Gasteiger partial charge in [-0.1, -0.05) is 26.3 Å². The molecule has 114 valence electrons. The molecule has 0 fully saturated rings. The van der Waals surface area contributed by atoms with Gasteiger partial charge in [0.05, 0.1) is 5.56 Å². The number of anilines is 1. The molecule has 0 heterocycles. The van der Waals surface area contributed by atoms with E-state index in [-0.39, 0.29) is 11.4 Å². The minimum absolute atomic E-state index is 0.127. The lowest BCUT2D eigenvalue weighted by Gasteiger charge is -2.27. The molecule has 0 aliphatic carbocycles. The molecule has 0 radical (unpaired) electrons. The van der Waals surface area contributed by atoms with Crippen LogP contribution in [0.3, 0.4) is 0 Å². The lowest BCUT2D eigenvalue weighted by Crippen LogP contribution is -2.28. The summed E-state index contributed by atoms with van der Waals surface area (Å²) < 4.78 is 39.1. The van der Waals surface area contributed by atoms with Crippen LogP contribution in [0.25, 0.3) is 0 Å². The van der Waals surface area contributed by atoms with Gasteiger partial charge in [0.25, 0.3) is 0 Å². The summed E-state index contributed by atoms with van der Waals surface area (Å²) in [6, 6.07) is 4.41. The maximum absolute atomic E-state index is 13.0. The Balaban J connectivity index is 3.12. The fourth-order valence-corrected chi connectivity index (χ4v) is 2.30. The lowest BCUT2D eigenvalue weighted by atomic mass is 10.0. The Morgan fingerprint density at radius 1 is 1.25 bits per heavy atom. The van der Waals surface area contributed by atoms with Crippen molar-refractivity contribution in [3.8, 4) is 0 Å². The first-order chi connectivity index (χ1) is 9.33. The van der Waals surface area contributed by atoms with Crippen molar-refractivity contribution in [2.75, 3.05) is 18.0 Å². The van der Waals surface area contributed by atoms with E-state index in [2.05, 4.69) is 13.8 Å². The predicted molar refractivity (Wildman–Crippen MR) is 78.3 cm³/mol. The van der Waals surface area contributed by atoms with Gasteiger partial charge >= 0.3 is 6.18 Å². The third-order valence-electron chi connectivity index (χ3n) is 3.52. The first kappa shape index (κ1) is 17.2. The van der Waals surface area contributed by atoms with Crippen LogP contribution in [0.2, 0.25) is 0 Å². The molecule has 1 atom stereocenters. The van der Waals surface area contributed by atoms with Gasteiger partial charge in [-0.05, 0) is 30.5 Å². The van der Waals surface area contributed by atoms with E-state index in [1.54, 1.807) is 6.07 Å². The number of halogens is 4. The molecule has 0 saturated carbocycles. The summed E-state index contributed by atoms with van der Waals surface area (Å²) >= 11 is 5.60. The fraction of sp³-hybridized carbons (Fsp3) is 0.600. The second-order valence-electron chi connectivity index (χ2n) is 5.02. The quantitative estimate of drug-likeness (QED) is 0.643. The number of alkyl halides is 4. The van der Waals surface area contributed by atoms with Crippen molar-refractivity contribution in [2.24, 2.45) is 5.92 Å². The highest BCUT2D eigenvalue weighted by atomic mass is 35.5. The van der Waals surface area contributed by atoms with Crippen LogP contribution in [0.4, 0.5) is 18.9 Å². The third kappa shape index (κ3) is 4.30. The third-order valence-corrected chi connectivity index (χ3v) is 3.81. The molecule has 0 amide bonds. The Bertz CT molecular complexity index is 432. The Labute approximate surface area is 123 Å². The van der Waals surface area contributed by atoms with Crippen LogP contribution in [-0.4, -0.2) is 13.1 Å². The summed E-state index contributed by atoms with van der Waals surface area (Å²) in [5, 5.41) is 0. The average Bonchev–Trinajstić information content (AvgIpc) is 2.42. The molecule has 1 aromatic rings. The zero-order valence-corrected chi connectivity index (χ0v) is 12.9. The van der Waals surface area contributed by atoms with E-state index in [0.717, 1.165) is 13.0 Å². The maximum atomic E-state index is 13.0. The molecule has 1 aromatic carbocycles. The van der Waals surface area contributed by atoms with Gasteiger partial charge < -0.3 is 4.90 Å². The molecule has 20 heavy (non-hydrogen) atoms. The summed E-state index contributed by atoms with van der Waals surface area (Å²) in [6.07, 6.45) is -3.36. The molecule has 0 aliphatic rings.